The van der Waals surface area contributed by atoms with Crippen LogP contribution in [0.1, 0.15) is 15.2 Å². The normalized spacial score (nSPS) is 14.3. The van der Waals surface area contributed by atoms with Crippen LogP contribution in [-0.4, -0.2) is 74.6 Å². The molecule has 0 radical (unpaired) electrons. The highest BCUT2D eigenvalue weighted by Crippen LogP contribution is 2.31. The maximum atomic E-state index is 12.9. The summed E-state index contributed by atoms with van der Waals surface area (Å²) in [6.07, 6.45) is 0. The van der Waals surface area contributed by atoms with Crippen molar-refractivity contribution in [3.05, 3.63) is 34.7 Å². The number of rotatable bonds is 6. The number of methoxy groups -OCH3 is 1. The maximum absolute atomic E-state index is 12.9. The topological polar surface area (TPSA) is 61.9 Å². The summed E-state index contributed by atoms with van der Waals surface area (Å²) in [5.74, 6) is 0.153. The Morgan fingerprint density at radius 1 is 1.15 bits per heavy atom. The minimum atomic E-state index is 0. The lowest BCUT2D eigenvalue weighted by atomic mass is 10.1. The molecule has 1 aliphatic heterocycles. The van der Waals surface area contributed by atoms with Crippen LogP contribution in [0.25, 0.3) is 10.1 Å². The summed E-state index contributed by atoms with van der Waals surface area (Å²) >= 11 is 1.55. The van der Waals surface area contributed by atoms with Gasteiger partial charge in [-0.15, -0.1) is 23.7 Å². The van der Waals surface area contributed by atoms with Gasteiger partial charge in [0.1, 0.15) is 0 Å². The van der Waals surface area contributed by atoms with Crippen LogP contribution < -0.4 is 5.32 Å². The molecule has 0 atom stereocenters. The van der Waals surface area contributed by atoms with E-state index < -0.39 is 0 Å². The molecule has 2 heterocycles. The van der Waals surface area contributed by atoms with Crippen molar-refractivity contribution >= 4 is 45.6 Å². The van der Waals surface area contributed by atoms with Crippen LogP contribution in [0, 0.1) is 6.92 Å². The third kappa shape index (κ3) is 4.99. The summed E-state index contributed by atoms with van der Waals surface area (Å²) in [5, 5.41) is 4.22. The molecule has 0 saturated carbocycles. The number of nitrogens with zero attached hydrogens (tertiary/aromatic N) is 2. The fourth-order valence-corrected chi connectivity index (χ4v) is 4.34. The third-order valence-corrected chi connectivity index (χ3v) is 5.98. The number of nitrogens with one attached hydrogen (secondary N) is 1. The number of piperazine rings is 1. The molecule has 1 aromatic carbocycles. The lowest BCUT2D eigenvalue weighted by Crippen LogP contribution is -2.52. The van der Waals surface area contributed by atoms with Gasteiger partial charge in [0.15, 0.2) is 0 Å². The van der Waals surface area contributed by atoms with E-state index in [-0.39, 0.29) is 24.2 Å². The molecule has 8 heteroatoms. The van der Waals surface area contributed by atoms with E-state index in [9.17, 15) is 9.59 Å². The van der Waals surface area contributed by atoms with E-state index in [2.05, 4.69) is 17.4 Å². The lowest BCUT2D eigenvalue weighted by Gasteiger charge is -2.34. The van der Waals surface area contributed by atoms with Gasteiger partial charge in [0.05, 0.1) is 18.0 Å². The summed E-state index contributed by atoms with van der Waals surface area (Å²) in [6, 6.07) is 8.11. The highest BCUT2D eigenvalue weighted by atomic mass is 35.5. The Hall–Kier alpha value is -1.67. The van der Waals surface area contributed by atoms with E-state index in [1.54, 1.807) is 18.4 Å². The van der Waals surface area contributed by atoms with Crippen molar-refractivity contribution in [3.63, 3.8) is 0 Å². The van der Waals surface area contributed by atoms with Crippen molar-refractivity contribution in [1.82, 2.24) is 15.1 Å². The first-order chi connectivity index (χ1) is 12.6. The van der Waals surface area contributed by atoms with Crippen molar-refractivity contribution in [2.75, 3.05) is 53.0 Å². The molecule has 148 valence electrons. The fourth-order valence-electron chi connectivity index (χ4n) is 3.16. The molecule has 0 aliphatic carbocycles. The Morgan fingerprint density at radius 3 is 2.48 bits per heavy atom. The number of carbonyl (C=O) groups is 2. The number of amides is 2. The number of fused-ring (bicyclic) bond motifs is 1. The van der Waals surface area contributed by atoms with Gasteiger partial charge in [-0.1, -0.05) is 18.2 Å². The van der Waals surface area contributed by atoms with Crippen LogP contribution in [0.3, 0.4) is 0 Å². The molecule has 6 nitrogen and oxygen atoms in total. The molecule has 0 unspecified atom stereocenters. The number of aryl methyl sites for hydroxylation is 1. The molecule has 1 aromatic heterocycles. The molecule has 1 N–H and O–H groups in total. The van der Waals surface area contributed by atoms with Crippen LogP contribution in [0.4, 0.5) is 0 Å². The van der Waals surface area contributed by atoms with Crippen molar-refractivity contribution < 1.29 is 14.3 Å². The minimum absolute atomic E-state index is 0. The van der Waals surface area contributed by atoms with Gasteiger partial charge in [-0.25, -0.2) is 0 Å². The van der Waals surface area contributed by atoms with E-state index in [1.165, 1.54) is 0 Å². The first-order valence-corrected chi connectivity index (χ1v) is 9.68. The smallest absolute Gasteiger partial charge is 0.264 e. The minimum Gasteiger partial charge on any atom is -0.383 e. The van der Waals surface area contributed by atoms with Crippen molar-refractivity contribution in [2.24, 2.45) is 0 Å². The Labute approximate surface area is 169 Å². The largest absolute Gasteiger partial charge is 0.383 e. The van der Waals surface area contributed by atoms with Crippen LogP contribution in [-0.2, 0) is 9.53 Å². The van der Waals surface area contributed by atoms with E-state index in [4.69, 9.17) is 4.74 Å². The second kappa shape index (κ2) is 10.0. The van der Waals surface area contributed by atoms with Crippen molar-refractivity contribution in [2.45, 2.75) is 6.92 Å². The summed E-state index contributed by atoms with van der Waals surface area (Å²) in [7, 11) is 1.64. The maximum Gasteiger partial charge on any atom is 0.264 e. The molecule has 2 amide bonds. The van der Waals surface area contributed by atoms with Gasteiger partial charge in [0, 0.05) is 44.5 Å². The van der Waals surface area contributed by atoms with Gasteiger partial charge in [0.25, 0.3) is 5.91 Å². The standard InChI is InChI=1S/C19H25N3O3S.ClH/c1-14-15-5-3-4-6-16(15)26-18(14)19(24)22-10-8-21(9-11-22)17(23)13-20-7-12-25-2;/h3-6,20H,7-13H2,1-2H3;1H. The number of hydrogen-bond donors (Lipinski definition) is 1. The van der Waals surface area contributed by atoms with Gasteiger partial charge >= 0.3 is 0 Å². The van der Waals surface area contributed by atoms with E-state index >= 15 is 0 Å². The molecular formula is C19H26ClN3O3S. The second-order valence-corrected chi connectivity index (χ2v) is 7.45. The predicted molar refractivity (Wildman–Crippen MR) is 111 cm³/mol. The molecule has 2 aromatic rings. The summed E-state index contributed by atoms with van der Waals surface area (Å²) in [6.45, 7) is 5.90. The third-order valence-electron chi connectivity index (χ3n) is 4.72. The fraction of sp³-hybridized carbons (Fsp3) is 0.474. The Balaban J connectivity index is 0.00000261. The number of hydrogen-bond acceptors (Lipinski definition) is 5. The average molecular weight is 412 g/mol. The SMILES string of the molecule is COCCNCC(=O)N1CCN(C(=O)c2sc3ccccc3c2C)CC1.Cl. The van der Waals surface area contributed by atoms with E-state index in [0.29, 0.717) is 45.9 Å². The quantitative estimate of drug-likeness (QED) is 0.740. The highest BCUT2D eigenvalue weighted by Gasteiger charge is 2.26. The Bertz CT molecular complexity index is 788. The number of ether oxygens (including phenoxy) is 1. The highest BCUT2D eigenvalue weighted by molar-refractivity contribution is 7.21. The van der Waals surface area contributed by atoms with Crippen LogP contribution >= 0.6 is 23.7 Å². The summed E-state index contributed by atoms with van der Waals surface area (Å²) in [4.78, 5) is 29.6. The zero-order chi connectivity index (χ0) is 18.5. The van der Waals surface area contributed by atoms with Gasteiger partial charge < -0.3 is 19.9 Å². The van der Waals surface area contributed by atoms with Gasteiger partial charge in [-0.2, -0.15) is 0 Å². The molecule has 1 aliphatic rings. The van der Waals surface area contributed by atoms with Gasteiger partial charge in [-0.05, 0) is 23.9 Å². The summed E-state index contributed by atoms with van der Waals surface area (Å²) < 4.78 is 6.10. The molecule has 0 spiro atoms. The Kier molecular flexibility index (Phi) is 8.04. The van der Waals surface area contributed by atoms with E-state index in [0.717, 1.165) is 20.5 Å². The van der Waals surface area contributed by atoms with Gasteiger partial charge in [0.2, 0.25) is 5.91 Å². The molecule has 0 bridgehead atoms. The van der Waals surface area contributed by atoms with Crippen molar-refractivity contribution in [3.8, 4) is 0 Å². The molecule has 27 heavy (non-hydrogen) atoms. The first kappa shape index (κ1) is 21.6. The number of halogens is 1. The zero-order valence-electron chi connectivity index (χ0n) is 15.7. The molecule has 3 rings (SSSR count). The molecule has 1 saturated heterocycles. The second-order valence-electron chi connectivity index (χ2n) is 6.39. The number of thiophene rings is 1. The summed E-state index contributed by atoms with van der Waals surface area (Å²) in [5.41, 5.74) is 1.05. The monoisotopic (exact) mass is 411 g/mol. The van der Waals surface area contributed by atoms with E-state index in [1.807, 2.05) is 28.9 Å². The average Bonchev–Trinajstić information content (AvgIpc) is 3.01. The molecule has 1 fully saturated rings. The predicted octanol–water partition coefficient (Wildman–Crippen LogP) is 2.15. The zero-order valence-corrected chi connectivity index (χ0v) is 17.3. The van der Waals surface area contributed by atoms with Crippen molar-refractivity contribution in [1.29, 1.82) is 0 Å². The first-order valence-electron chi connectivity index (χ1n) is 8.86. The number of benzene rings is 1. The number of carbonyl (C=O) groups excluding carboxylic acids is 2. The Morgan fingerprint density at radius 2 is 1.81 bits per heavy atom. The van der Waals surface area contributed by atoms with Crippen LogP contribution in [0.5, 0.6) is 0 Å². The lowest BCUT2D eigenvalue weighted by molar-refractivity contribution is -0.131. The molecular weight excluding hydrogens is 386 g/mol. The van der Waals surface area contributed by atoms with Gasteiger partial charge in [-0.3, -0.25) is 9.59 Å². The van der Waals surface area contributed by atoms with Crippen LogP contribution in [0.2, 0.25) is 0 Å². The van der Waals surface area contributed by atoms with Crippen LogP contribution in [0.15, 0.2) is 24.3 Å².